The summed E-state index contributed by atoms with van der Waals surface area (Å²) in [5.41, 5.74) is 5.01. The molecule has 40 heavy (non-hydrogen) atoms. The second-order valence-corrected chi connectivity index (χ2v) is 10.1. The lowest BCUT2D eigenvalue weighted by Gasteiger charge is -2.40. The Hall–Kier alpha value is -4.42. The van der Waals surface area contributed by atoms with E-state index in [1.165, 1.54) is 11.1 Å². The van der Waals surface area contributed by atoms with Crippen LogP contribution in [0.1, 0.15) is 63.0 Å². The van der Waals surface area contributed by atoms with Crippen LogP contribution < -0.4 is 5.32 Å². The number of nitrogens with zero attached hydrogens (tertiary/aromatic N) is 3. The predicted molar refractivity (Wildman–Crippen MR) is 157 cm³/mol. The Balaban J connectivity index is 1.46. The predicted octanol–water partition coefficient (Wildman–Crippen LogP) is 5.97. The van der Waals surface area contributed by atoms with Crippen molar-refractivity contribution in [3.63, 3.8) is 0 Å². The third kappa shape index (κ3) is 6.58. The van der Waals surface area contributed by atoms with Gasteiger partial charge in [-0.1, -0.05) is 72.8 Å². The largest absolute Gasteiger partial charge is 0.349 e. The number of carbonyl (C=O) groups excluding carboxylic acids is 2. The van der Waals surface area contributed by atoms with E-state index >= 15 is 0 Å². The van der Waals surface area contributed by atoms with E-state index < -0.39 is 0 Å². The number of Topliss-reactive ketones (excluding diaryl/α,β-unsaturated/α-hetero) is 1. The number of aromatic nitrogens is 2. The van der Waals surface area contributed by atoms with E-state index in [2.05, 4.69) is 74.8 Å². The van der Waals surface area contributed by atoms with Crippen LogP contribution in [-0.4, -0.2) is 45.7 Å². The van der Waals surface area contributed by atoms with Crippen molar-refractivity contribution in [1.29, 1.82) is 0 Å². The Morgan fingerprint density at radius 2 is 1.65 bits per heavy atom. The van der Waals surface area contributed by atoms with E-state index in [9.17, 15) is 9.59 Å². The maximum Gasteiger partial charge on any atom is 0.269 e. The monoisotopic (exact) mass is 530 g/mol. The lowest BCUT2D eigenvalue weighted by atomic mass is 9.90. The summed E-state index contributed by atoms with van der Waals surface area (Å²) < 4.78 is 0. The number of hydrogen-bond donors (Lipinski definition) is 1. The molecule has 202 valence electrons. The van der Waals surface area contributed by atoms with Gasteiger partial charge in [0.1, 0.15) is 5.69 Å². The molecule has 1 atom stereocenters. The first kappa shape index (κ1) is 27.2. The summed E-state index contributed by atoms with van der Waals surface area (Å²) in [6.07, 6.45) is 7.44. The smallest absolute Gasteiger partial charge is 0.269 e. The minimum atomic E-state index is -0.191. The summed E-state index contributed by atoms with van der Waals surface area (Å²) in [7, 11) is 0. The van der Waals surface area contributed by atoms with Gasteiger partial charge in [0.05, 0.1) is 6.04 Å². The van der Waals surface area contributed by atoms with Gasteiger partial charge in [-0.2, -0.15) is 0 Å². The Bertz CT molecular complexity index is 1420. The van der Waals surface area contributed by atoms with E-state index in [-0.39, 0.29) is 23.8 Å². The van der Waals surface area contributed by atoms with Crippen LogP contribution in [0.3, 0.4) is 0 Å². The number of benzene rings is 2. The zero-order valence-electron chi connectivity index (χ0n) is 22.7. The first-order chi connectivity index (χ1) is 19.6. The number of aryl methyl sites for hydroxylation is 1. The van der Waals surface area contributed by atoms with E-state index in [1.807, 2.05) is 37.3 Å². The molecular weight excluding hydrogens is 496 g/mol. The number of rotatable bonds is 8. The molecule has 1 aliphatic rings. The van der Waals surface area contributed by atoms with E-state index in [1.54, 1.807) is 24.5 Å². The topological polar surface area (TPSA) is 75.2 Å². The van der Waals surface area contributed by atoms with Crippen LogP contribution in [0.5, 0.6) is 0 Å². The maximum absolute atomic E-state index is 13.3. The van der Waals surface area contributed by atoms with Crippen LogP contribution >= 0.6 is 0 Å². The Labute approximate surface area is 235 Å². The molecule has 0 fully saturated rings. The van der Waals surface area contributed by atoms with Gasteiger partial charge >= 0.3 is 0 Å². The summed E-state index contributed by atoms with van der Waals surface area (Å²) in [4.78, 5) is 37.4. The Kier molecular flexibility index (Phi) is 8.89. The normalized spacial score (nSPS) is 16.1. The van der Waals surface area contributed by atoms with Crippen molar-refractivity contribution in [2.24, 2.45) is 0 Å². The molecule has 6 heteroatoms. The molecule has 5 rings (SSSR count). The molecule has 1 unspecified atom stereocenters. The zero-order chi connectivity index (χ0) is 27.7. The molecule has 0 saturated heterocycles. The van der Waals surface area contributed by atoms with Gasteiger partial charge in [0.25, 0.3) is 5.91 Å². The number of pyridine rings is 2. The van der Waals surface area contributed by atoms with Crippen molar-refractivity contribution < 1.29 is 9.59 Å². The fourth-order valence-corrected chi connectivity index (χ4v) is 5.42. The molecule has 0 saturated carbocycles. The van der Waals surface area contributed by atoms with Crippen LogP contribution in [-0.2, 0) is 0 Å². The molecule has 0 bridgehead atoms. The lowest BCUT2D eigenvalue weighted by molar-refractivity contribution is 0.0903. The third-order valence-corrected chi connectivity index (χ3v) is 7.39. The highest BCUT2D eigenvalue weighted by molar-refractivity contribution is 6.08. The highest BCUT2D eigenvalue weighted by atomic mass is 16.2. The van der Waals surface area contributed by atoms with Crippen LogP contribution in [0.25, 0.3) is 0 Å². The number of ketones is 1. The van der Waals surface area contributed by atoms with Gasteiger partial charge in [-0.05, 0) is 67.2 Å². The van der Waals surface area contributed by atoms with Crippen molar-refractivity contribution in [1.82, 2.24) is 20.2 Å². The fourth-order valence-electron chi connectivity index (χ4n) is 5.42. The van der Waals surface area contributed by atoms with Gasteiger partial charge < -0.3 is 5.32 Å². The highest BCUT2D eigenvalue weighted by Crippen LogP contribution is 2.33. The minimum Gasteiger partial charge on any atom is -0.349 e. The molecule has 6 nitrogen and oxygen atoms in total. The number of nitrogens with one attached hydrogen (secondary N) is 1. The molecular formula is C34H34N4O2. The molecule has 2 aromatic heterocycles. The number of hydrogen-bond acceptors (Lipinski definition) is 5. The van der Waals surface area contributed by atoms with Crippen LogP contribution in [0, 0.1) is 6.92 Å². The molecule has 2 aromatic carbocycles. The van der Waals surface area contributed by atoms with Gasteiger partial charge in [-0.3, -0.25) is 19.5 Å². The first-order valence-corrected chi connectivity index (χ1v) is 13.8. The van der Waals surface area contributed by atoms with Crippen molar-refractivity contribution in [2.45, 2.75) is 38.3 Å². The Morgan fingerprint density at radius 3 is 2.30 bits per heavy atom. The third-order valence-electron chi connectivity index (χ3n) is 7.39. The molecule has 1 N–H and O–H groups in total. The van der Waals surface area contributed by atoms with E-state index in [0.29, 0.717) is 24.2 Å². The summed E-state index contributed by atoms with van der Waals surface area (Å²) >= 11 is 0. The van der Waals surface area contributed by atoms with Crippen LogP contribution in [0.15, 0.2) is 115 Å². The van der Waals surface area contributed by atoms with Crippen molar-refractivity contribution in [3.05, 3.63) is 143 Å². The van der Waals surface area contributed by atoms with E-state index in [4.69, 9.17) is 0 Å². The van der Waals surface area contributed by atoms with Gasteiger partial charge in [0.15, 0.2) is 5.78 Å². The number of carbonyl (C=O) groups is 2. The molecule has 3 heterocycles. The van der Waals surface area contributed by atoms with Gasteiger partial charge in [-0.15, -0.1) is 0 Å². The van der Waals surface area contributed by atoms with Crippen molar-refractivity contribution in [2.75, 3.05) is 13.1 Å². The van der Waals surface area contributed by atoms with Gasteiger partial charge in [0, 0.05) is 42.8 Å². The zero-order valence-corrected chi connectivity index (χ0v) is 22.7. The average Bonchev–Trinajstić information content (AvgIpc) is 2.99. The lowest BCUT2D eigenvalue weighted by Crippen LogP contribution is -2.47. The fraction of sp³-hybridized carbons (Fsp3) is 0.235. The van der Waals surface area contributed by atoms with Crippen LogP contribution in [0.2, 0.25) is 0 Å². The minimum absolute atomic E-state index is 0.00497. The maximum atomic E-state index is 13.3. The van der Waals surface area contributed by atoms with Crippen molar-refractivity contribution in [3.8, 4) is 0 Å². The second kappa shape index (κ2) is 13.1. The standard InChI is InChI=1S/C34H34N4O2/c1-25-11-8-18-31(37-25)34(40)36-24-30-20-19-28(33(39)29-16-9-21-35-23-29)17-10-22-38(30)32(26-12-4-2-5-13-26)27-14-6-3-7-15-27/h2-9,11-18,21,23,30,32H,10,19-20,22,24H2,1H3,(H,36,40). The summed E-state index contributed by atoms with van der Waals surface area (Å²) in [5.74, 6) is -0.167. The quantitative estimate of drug-likeness (QED) is 0.284. The number of amides is 1. The molecule has 4 aromatic rings. The van der Waals surface area contributed by atoms with Gasteiger partial charge in [0.2, 0.25) is 0 Å². The number of allylic oxidation sites excluding steroid dienone is 1. The molecule has 1 amide bonds. The molecule has 0 spiro atoms. The van der Waals surface area contributed by atoms with E-state index in [0.717, 1.165) is 30.7 Å². The summed E-state index contributed by atoms with van der Waals surface area (Å²) in [6.45, 7) is 3.06. The molecule has 0 radical (unpaired) electrons. The SMILES string of the molecule is Cc1cccc(C(=O)NCC2CCC(C(=O)c3cccnc3)=CCCN2C(c2ccccc2)c2ccccc2)n1. The summed E-state index contributed by atoms with van der Waals surface area (Å²) in [6, 6.07) is 30.1. The van der Waals surface area contributed by atoms with Gasteiger partial charge in [-0.25, -0.2) is 4.98 Å². The highest BCUT2D eigenvalue weighted by Gasteiger charge is 2.31. The Morgan fingerprint density at radius 1 is 0.925 bits per heavy atom. The summed E-state index contributed by atoms with van der Waals surface area (Å²) in [5, 5.41) is 3.15. The van der Waals surface area contributed by atoms with Crippen LogP contribution in [0.4, 0.5) is 0 Å². The second-order valence-electron chi connectivity index (χ2n) is 10.1. The first-order valence-electron chi connectivity index (χ1n) is 13.8. The average molecular weight is 531 g/mol. The van der Waals surface area contributed by atoms with Crippen molar-refractivity contribution >= 4 is 11.7 Å². The molecule has 0 aliphatic carbocycles. The molecule has 1 aliphatic heterocycles.